The van der Waals surface area contributed by atoms with Gasteiger partial charge in [0.25, 0.3) is 0 Å². The van der Waals surface area contributed by atoms with E-state index in [0.717, 1.165) is 66.7 Å². The van der Waals surface area contributed by atoms with E-state index in [-0.39, 0.29) is 12.5 Å². The van der Waals surface area contributed by atoms with Gasteiger partial charge in [-0.05, 0) is 30.2 Å². The van der Waals surface area contributed by atoms with Gasteiger partial charge < -0.3 is 19.7 Å². The van der Waals surface area contributed by atoms with Gasteiger partial charge >= 0.3 is 0 Å². The smallest absolute Gasteiger partial charge is 0.242 e. The number of rotatable bonds is 6. The predicted molar refractivity (Wildman–Crippen MR) is 120 cm³/mol. The van der Waals surface area contributed by atoms with E-state index in [1.165, 1.54) is 10.4 Å². The van der Waals surface area contributed by atoms with Crippen LogP contribution in [0.3, 0.4) is 0 Å². The Balaban J connectivity index is 1.13. The van der Waals surface area contributed by atoms with Gasteiger partial charge in [-0.1, -0.05) is 13.0 Å². The van der Waals surface area contributed by atoms with Gasteiger partial charge in [0, 0.05) is 37.6 Å². The fourth-order valence-electron chi connectivity index (χ4n) is 3.94. The molecule has 1 aromatic carbocycles. The largest absolute Gasteiger partial charge is 0.454 e. The van der Waals surface area contributed by atoms with E-state index in [9.17, 15) is 4.79 Å². The number of aryl methyl sites for hydroxylation is 1. The zero-order valence-corrected chi connectivity index (χ0v) is 18.3. The molecule has 1 amide bonds. The maximum atomic E-state index is 12.7. The molecule has 1 N–H and O–H groups in total. The number of ether oxygens (including phenoxy) is 2. The van der Waals surface area contributed by atoms with Crippen molar-refractivity contribution in [1.82, 2.24) is 19.8 Å². The summed E-state index contributed by atoms with van der Waals surface area (Å²) in [5, 5.41) is 4.21. The van der Waals surface area contributed by atoms with E-state index in [0.29, 0.717) is 6.79 Å². The van der Waals surface area contributed by atoms with Crippen molar-refractivity contribution in [3.05, 3.63) is 41.0 Å². The Morgan fingerprint density at radius 1 is 1.13 bits per heavy atom. The van der Waals surface area contributed by atoms with Gasteiger partial charge in [-0.3, -0.25) is 9.69 Å². The number of anilines is 1. The van der Waals surface area contributed by atoms with E-state index < -0.39 is 0 Å². The summed E-state index contributed by atoms with van der Waals surface area (Å²) in [6.07, 6.45) is 2.52. The summed E-state index contributed by atoms with van der Waals surface area (Å²) in [4.78, 5) is 27.9. The number of piperazine rings is 1. The molecule has 31 heavy (non-hydrogen) atoms. The molecule has 4 heterocycles. The van der Waals surface area contributed by atoms with Crippen LogP contribution in [0.1, 0.15) is 17.4 Å². The van der Waals surface area contributed by atoms with Crippen LogP contribution >= 0.6 is 11.3 Å². The third kappa shape index (κ3) is 4.28. The number of nitrogens with one attached hydrogen (secondary N) is 1. The molecule has 0 unspecified atom stereocenters. The van der Waals surface area contributed by atoms with Crippen LogP contribution in [-0.2, 0) is 17.8 Å². The number of benzene rings is 1. The fourth-order valence-corrected chi connectivity index (χ4v) is 4.88. The number of carbonyl (C=O) groups excluding carboxylic acids is 1. The number of hydrogen-bond acceptors (Lipinski definition) is 8. The molecular formula is C22H25N5O3S. The summed E-state index contributed by atoms with van der Waals surface area (Å²) in [6, 6.07) is 8.19. The monoisotopic (exact) mass is 439 g/mol. The van der Waals surface area contributed by atoms with Crippen LogP contribution in [0.5, 0.6) is 11.5 Å². The number of nitrogens with zero attached hydrogens (tertiary/aromatic N) is 4. The molecule has 0 saturated carbocycles. The predicted octanol–water partition coefficient (Wildman–Crippen LogP) is 2.74. The molecule has 0 bridgehead atoms. The van der Waals surface area contributed by atoms with Crippen molar-refractivity contribution >= 4 is 33.3 Å². The number of amides is 1. The molecule has 2 aliphatic heterocycles. The van der Waals surface area contributed by atoms with Gasteiger partial charge in [0.15, 0.2) is 11.5 Å². The number of carbonyl (C=O) groups is 1. The average Bonchev–Trinajstić information content (AvgIpc) is 3.44. The first-order chi connectivity index (χ1) is 15.2. The van der Waals surface area contributed by atoms with Crippen molar-refractivity contribution in [3.63, 3.8) is 0 Å². The Labute approximate surface area is 184 Å². The van der Waals surface area contributed by atoms with E-state index >= 15 is 0 Å². The van der Waals surface area contributed by atoms with Crippen LogP contribution in [0, 0.1) is 0 Å². The lowest BCUT2D eigenvalue weighted by atomic mass is 10.1. The molecular weight excluding hydrogens is 414 g/mol. The van der Waals surface area contributed by atoms with Crippen LogP contribution in [-0.4, -0.2) is 65.2 Å². The van der Waals surface area contributed by atoms with Gasteiger partial charge in [-0.15, -0.1) is 11.3 Å². The Kier molecular flexibility index (Phi) is 5.61. The molecule has 1 fully saturated rings. The Morgan fingerprint density at radius 2 is 1.97 bits per heavy atom. The third-order valence-electron chi connectivity index (χ3n) is 5.70. The first-order valence-corrected chi connectivity index (χ1v) is 11.4. The fraction of sp³-hybridized carbons (Fsp3) is 0.409. The van der Waals surface area contributed by atoms with Crippen molar-refractivity contribution in [3.8, 4) is 11.5 Å². The highest BCUT2D eigenvalue weighted by molar-refractivity contribution is 7.18. The van der Waals surface area contributed by atoms with Gasteiger partial charge in [0.2, 0.25) is 12.7 Å². The summed E-state index contributed by atoms with van der Waals surface area (Å²) >= 11 is 1.67. The summed E-state index contributed by atoms with van der Waals surface area (Å²) in [5.41, 5.74) is 1.20. The van der Waals surface area contributed by atoms with Crippen molar-refractivity contribution in [1.29, 1.82) is 0 Å². The quantitative estimate of drug-likeness (QED) is 0.633. The lowest BCUT2D eigenvalue weighted by Crippen LogP contribution is -2.49. The van der Waals surface area contributed by atoms with Crippen LogP contribution in [0.15, 0.2) is 30.6 Å². The van der Waals surface area contributed by atoms with E-state index in [4.69, 9.17) is 9.47 Å². The molecule has 3 aromatic rings. The minimum atomic E-state index is 0.0976. The molecule has 2 aliphatic rings. The topological polar surface area (TPSA) is 79.8 Å². The first kappa shape index (κ1) is 20.0. The molecule has 162 valence electrons. The summed E-state index contributed by atoms with van der Waals surface area (Å²) < 4.78 is 10.8. The van der Waals surface area contributed by atoms with Crippen molar-refractivity contribution in [2.45, 2.75) is 19.9 Å². The van der Waals surface area contributed by atoms with E-state index in [2.05, 4.69) is 39.2 Å². The minimum Gasteiger partial charge on any atom is -0.454 e. The van der Waals surface area contributed by atoms with Crippen LogP contribution in [0.4, 0.5) is 5.82 Å². The molecule has 1 saturated heterocycles. The molecule has 2 aromatic heterocycles. The third-order valence-corrected chi connectivity index (χ3v) is 6.89. The SMILES string of the molecule is CCc1cc2c(NCC(=O)N3CCN(Cc4ccc5c(c4)OCO5)CC3)ncnc2s1. The maximum Gasteiger partial charge on any atom is 0.242 e. The second kappa shape index (κ2) is 8.68. The zero-order valence-electron chi connectivity index (χ0n) is 17.5. The standard InChI is InChI=1S/C22H25N5O3S/c1-2-16-10-17-21(24-13-25-22(17)31-16)23-11-20(28)27-7-5-26(6-8-27)12-15-3-4-18-19(9-15)30-14-29-18/h3-4,9-10,13H,2,5-8,11-12,14H2,1H3,(H,23,24,25). The van der Waals surface area contributed by atoms with Crippen LogP contribution in [0.2, 0.25) is 0 Å². The summed E-state index contributed by atoms with van der Waals surface area (Å²) in [6.45, 7) is 6.65. The number of fused-ring (bicyclic) bond motifs is 2. The second-order valence-electron chi connectivity index (χ2n) is 7.71. The maximum absolute atomic E-state index is 12.7. The highest BCUT2D eigenvalue weighted by atomic mass is 32.1. The number of thiophene rings is 1. The summed E-state index contributed by atoms with van der Waals surface area (Å²) in [5.74, 6) is 2.45. The molecule has 5 rings (SSSR count). The molecule has 0 radical (unpaired) electrons. The van der Waals surface area contributed by atoms with Gasteiger partial charge in [0.1, 0.15) is 17.0 Å². The Morgan fingerprint density at radius 3 is 2.81 bits per heavy atom. The van der Waals surface area contributed by atoms with E-state index in [1.54, 1.807) is 17.7 Å². The highest BCUT2D eigenvalue weighted by Crippen LogP contribution is 2.33. The lowest BCUT2D eigenvalue weighted by Gasteiger charge is -2.34. The minimum absolute atomic E-state index is 0.0976. The molecule has 8 nitrogen and oxygen atoms in total. The highest BCUT2D eigenvalue weighted by Gasteiger charge is 2.22. The van der Waals surface area contributed by atoms with Crippen molar-refractivity contribution in [2.75, 3.05) is 44.8 Å². The van der Waals surface area contributed by atoms with Gasteiger partial charge in [-0.25, -0.2) is 9.97 Å². The van der Waals surface area contributed by atoms with Crippen LogP contribution in [0.25, 0.3) is 10.2 Å². The van der Waals surface area contributed by atoms with E-state index in [1.807, 2.05) is 17.0 Å². The number of hydrogen-bond donors (Lipinski definition) is 1. The average molecular weight is 440 g/mol. The van der Waals surface area contributed by atoms with Crippen molar-refractivity contribution < 1.29 is 14.3 Å². The van der Waals surface area contributed by atoms with Crippen molar-refractivity contribution in [2.24, 2.45) is 0 Å². The molecule has 0 atom stereocenters. The summed E-state index contributed by atoms with van der Waals surface area (Å²) in [7, 11) is 0. The van der Waals surface area contributed by atoms with Gasteiger partial charge in [-0.2, -0.15) is 0 Å². The normalized spacial score (nSPS) is 16.1. The second-order valence-corrected chi connectivity index (χ2v) is 8.82. The first-order valence-electron chi connectivity index (χ1n) is 10.6. The Bertz CT molecular complexity index is 1090. The van der Waals surface area contributed by atoms with Gasteiger partial charge in [0.05, 0.1) is 11.9 Å². The molecule has 9 heteroatoms. The number of aromatic nitrogens is 2. The zero-order chi connectivity index (χ0) is 21.2. The Hall–Kier alpha value is -2.91. The van der Waals surface area contributed by atoms with Crippen LogP contribution < -0.4 is 14.8 Å². The molecule has 0 aliphatic carbocycles. The lowest BCUT2D eigenvalue weighted by molar-refractivity contribution is -0.131. The molecule has 0 spiro atoms.